The lowest BCUT2D eigenvalue weighted by atomic mass is 9.80. The highest BCUT2D eigenvalue weighted by molar-refractivity contribution is 6.03. The molecule has 2 fully saturated rings. The van der Waals surface area contributed by atoms with Gasteiger partial charge < -0.3 is 5.32 Å². The number of anilines is 1. The number of nitrogens with one attached hydrogen (secondary N) is 1. The SMILES string of the molecule is O=C(Nc1cccc2c(C3CCCCC3)cc(C3CCCCC3)nc12)C(F)(F)F. The standard InChI is InChI=1S/C23H27F3N2O/c24-23(25,26)22(29)28-19-13-7-12-17-18(15-8-3-1-4-9-15)14-20(27-21(17)19)16-10-5-2-6-11-16/h7,12-16H,1-6,8-11H2,(H,28,29). The minimum atomic E-state index is -4.92. The molecule has 3 nitrogen and oxygen atoms in total. The minimum Gasteiger partial charge on any atom is -0.316 e. The summed E-state index contributed by atoms with van der Waals surface area (Å²) >= 11 is 0. The van der Waals surface area contributed by atoms with Crippen LogP contribution in [0.25, 0.3) is 10.9 Å². The Bertz CT molecular complexity index is 882. The third-order valence-corrected chi connectivity index (χ3v) is 6.47. The highest BCUT2D eigenvalue weighted by atomic mass is 19.4. The number of hydrogen-bond acceptors (Lipinski definition) is 2. The number of carbonyl (C=O) groups excluding carboxylic acids is 1. The van der Waals surface area contributed by atoms with Crippen LogP contribution in [0, 0.1) is 0 Å². The Hall–Kier alpha value is -2.11. The summed E-state index contributed by atoms with van der Waals surface area (Å²) in [6, 6.07) is 7.38. The lowest BCUT2D eigenvalue weighted by Crippen LogP contribution is -2.30. The van der Waals surface area contributed by atoms with Gasteiger partial charge in [-0.25, -0.2) is 0 Å². The molecule has 4 rings (SSSR count). The summed E-state index contributed by atoms with van der Waals surface area (Å²) in [4.78, 5) is 16.4. The molecule has 1 aromatic carbocycles. The predicted molar refractivity (Wildman–Crippen MR) is 108 cm³/mol. The lowest BCUT2D eigenvalue weighted by Gasteiger charge is -2.27. The molecule has 1 amide bonds. The normalized spacial score (nSPS) is 19.4. The van der Waals surface area contributed by atoms with E-state index in [1.165, 1.54) is 37.3 Å². The number of pyridine rings is 1. The third kappa shape index (κ3) is 4.41. The second-order valence-corrected chi connectivity index (χ2v) is 8.46. The highest BCUT2D eigenvalue weighted by Gasteiger charge is 2.39. The maximum Gasteiger partial charge on any atom is 0.471 e. The summed E-state index contributed by atoms with van der Waals surface area (Å²) in [5.41, 5.74) is 2.82. The number of amides is 1. The van der Waals surface area contributed by atoms with Crippen LogP contribution in [0.5, 0.6) is 0 Å². The van der Waals surface area contributed by atoms with Crippen molar-refractivity contribution in [3.05, 3.63) is 35.5 Å². The molecule has 156 valence electrons. The smallest absolute Gasteiger partial charge is 0.316 e. The first-order valence-corrected chi connectivity index (χ1v) is 10.7. The third-order valence-electron chi connectivity index (χ3n) is 6.47. The van der Waals surface area contributed by atoms with Crippen LogP contribution < -0.4 is 5.32 Å². The molecular formula is C23H27F3N2O. The topological polar surface area (TPSA) is 42.0 Å². The maximum atomic E-state index is 12.8. The van der Waals surface area contributed by atoms with Crippen LogP contribution in [0.3, 0.4) is 0 Å². The fourth-order valence-corrected chi connectivity index (χ4v) is 4.95. The van der Waals surface area contributed by atoms with Crippen molar-refractivity contribution in [2.45, 2.75) is 82.2 Å². The number of aromatic nitrogens is 1. The predicted octanol–water partition coefficient (Wildman–Crippen LogP) is 6.83. The van der Waals surface area contributed by atoms with Crippen LogP contribution in [0.15, 0.2) is 24.3 Å². The molecule has 2 aliphatic rings. The molecule has 6 heteroatoms. The Morgan fingerprint density at radius 3 is 2.17 bits per heavy atom. The summed E-state index contributed by atoms with van der Waals surface area (Å²) in [7, 11) is 0. The summed E-state index contributed by atoms with van der Waals surface area (Å²) in [5.74, 6) is -1.19. The molecule has 0 bridgehead atoms. The van der Waals surface area contributed by atoms with Gasteiger partial charge in [0, 0.05) is 17.0 Å². The van der Waals surface area contributed by atoms with Crippen molar-refractivity contribution in [1.29, 1.82) is 0 Å². The number of hydrogen-bond donors (Lipinski definition) is 1. The number of halogens is 3. The zero-order valence-corrected chi connectivity index (χ0v) is 16.5. The van der Waals surface area contributed by atoms with Gasteiger partial charge in [0.1, 0.15) is 0 Å². The van der Waals surface area contributed by atoms with Crippen LogP contribution >= 0.6 is 0 Å². The average molecular weight is 404 g/mol. The van der Waals surface area contributed by atoms with Crippen molar-refractivity contribution in [2.24, 2.45) is 0 Å². The molecule has 0 unspecified atom stereocenters. The molecule has 0 atom stereocenters. The van der Waals surface area contributed by atoms with Gasteiger partial charge in [-0.15, -0.1) is 0 Å². The molecule has 29 heavy (non-hydrogen) atoms. The second kappa shape index (κ2) is 8.33. The van der Waals surface area contributed by atoms with Gasteiger partial charge in [0.15, 0.2) is 0 Å². The summed E-state index contributed by atoms with van der Waals surface area (Å²) in [6.07, 6.45) is 6.56. The van der Waals surface area contributed by atoms with Gasteiger partial charge in [-0.1, -0.05) is 50.7 Å². The number of carbonyl (C=O) groups is 1. The number of benzene rings is 1. The highest BCUT2D eigenvalue weighted by Crippen LogP contribution is 2.41. The number of alkyl halides is 3. The van der Waals surface area contributed by atoms with E-state index in [-0.39, 0.29) is 5.69 Å². The molecule has 1 N–H and O–H groups in total. The van der Waals surface area contributed by atoms with Crippen molar-refractivity contribution in [2.75, 3.05) is 5.32 Å². The fourth-order valence-electron chi connectivity index (χ4n) is 4.95. The zero-order valence-electron chi connectivity index (χ0n) is 16.5. The van der Waals surface area contributed by atoms with Gasteiger partial charge in [-0.05, 0) is 49.3 Å². The van der Waals surface area contributed by atoms with Crippen molar-refractivity contribution in [3.8, 4) is 0 Å². The number of para-hydroxylation sites is 1. The molecule has 0 spiro atoms. The summed E-state index contributed by atoms with van der Waals surface area (Å²) in [5, 5.41) is 2.93. The molecule has 0 aliphatic heterocycles. The summed E-state index contributed by atoms with van der Waals surface area (Å²) in [6.45, 7) is 0. The number of rotatable bonds is 3. The van der Waals surface area contributed by atoms with Crippen LogP contribution in [-0.2, 0) is 4.79 Å². The maximum absolute atomic E-state index is 12.8. The van der Waals surface area contributed by atoms with Crippen molar-refractivity contribution >= 4 is 22.5 Å². The van der Waals surface area contributed by atoms with E-state index in [1.54, 1.807) is 6.07 Å². The molecule has 2 saturated carbocycles. The van der Waals surface area contributed by atoms with E-state index < -0.39 is 12.1 Å². The van der Waals surface area contributed by atoms with Gasteiger partial charge in [0.25, 0.3) is 0 Å². The Kier molecular flexibility index (Phi) is 5.79. The largest absolute Gasteiger partial charge is 0.471 e. The van der Waals surface area contributed by atoms with Crippen molar-refractivity contribution < 1.29 is 18.0 Å². The van der Waals surface area contributed by atoms with E-state index in [2.05, 4.69) is 11.4 Å². The number of fused-ring (bicyclic) bond motifs is 1. The Morgan fingerprint density at radius 1 is 0.931 bits per heavy atom. The first kappa shape index (κ1) is 20.2. The van der Waals surface area contributed by atoms with E-state index in [1.807, 2.05) is 6.07 Å². The van der Waals surface area contributed by atoms with Gasteiger partial charge in [0.2, 0.25) is 0 Å². The Labute approximate surface area is 169 Å². The van der Waals surface area contributed by atoms with Crippen LogP contribution in [0.1, 0.15) is 87.3 Å². The lowest BCUT2D eigenvalue weighted by molar-refractivity contribution is -0.167. The average Bonchev–Trinajstić information content (AvgIpc) is 2.74. The van der Waals surface area contributed by atoms with Crippen LogP contribution in [0.2, 0.25) is 0 Å². The Balaban J connectivity index is 1.81. The number of nitrogens with zero attached hydrogens (tertiary/aromatic N) is 1. The molecule has 2 aromatic rings. The van der Waals surface area contributed by atoms with Gasteiger partial charge in [0.05, 0.1) is 11.2 Å². The first-order chi connectivity index (χ1) is 13.9. The zero-order chi connectivity index (χ0) is 20.4. The van der Waals surface area contributed by atoms with Gasteiger partial charge in [-0.2, -0.15) is 13.2 Å². The first-order valence-electron chi connectivity index (χ1n) is 10.7. The molecule has 0 radical (unpaired) electrons. The molecule has 0 saturated heterocycles. The minimum absolute atomic E-state index is 0.152. The summed E-state index contributed by atoms with van der Waals surface area (Å²) < 4.78 is 38.5. The second-order valence-electron chi connectivity index (χ2n) is 8.46. The van der Waals surface area contributed by atoms with Crippen molar-refractivity contribution in [1.82, 2.24) is 4.98 Å². The van der Waals surface area contributed by atoms with Gasteiger partial charge >= 0.3 is 12.1 Å². The van der Waals surface area contributed by atoms with Crippen LogP contribution in [-0.4, -0.2) is 17.1 Å². The van der Waals surface area contributed by atoms with E-state index in [4.69, 9.17) is 4.98 Å². The molecular weight excluding hydrogens is 377 g/mol. The molecule has 1 aromatic heterocycles. The van der Waals surface area contributed by atoms with E-state index in [0.717, 1.165) is 49.6 Å². The fraction of sp³-hybridized carbons (Fsp3) is 0.565. The quantitative estimate of drug-likeness (QED) is 0.609. The van der Waals surface area contributed by atoms with Gasteiger partial charge in [-0.3, -0.25) is 9.78 Å². The van der Waals surface area contributed by atoms with Crippen molar-refractivity contribution in [3.63, 3.8) is 0 Å². The Morgan fingerprint density at radius 2 is 1.55 bits per heavy atom. The van der Waals surface area contributed by atoms with E-state index in [9.17, 15) is 18.0 Å². The monoisotopic (exact) mass is 404 g/mol. The molecule has 2 aliphatic carbocycles. The van der Waals surface area contributed by atoms with E-state index >= 15 is 0 Å². The van der Waals surface area contributed by atoms with Crippen LogP contribution in [0.4, 0.5) is 18.9 Å². The van der Waals surface area contributed by atoms with E-state index in [0.29, 0.717) is 17.4 Å². The molecule has 1 heterocycles.